The molecule has 0 unspecified atom stereocenters. The van der Waals surface area contributed by atoms with Crippen molar-refractivity contribution in [3.63, 3.8) is 0 Å². The van der Waals surface area contributed by atoms with Crippen molar-refractivity contribution in [2.45, 2.75) is 13.5 Å². The summed E-state index contributed by atoms with van der Waals surface area (Å²) in [4.78, 5) is 11.1. The minimum Gasteiger partial charge on any atom is -0.486 e. The number of carbonyl (C=O) groups is 1. The Balaban J connectivity index is 2.18. The van der Waals surface area contributed by atoms with Crippen LogP contribution in [0.3, 0.4) is 0 Å². The zero-order valence-electron chi connectivity index (χ0n) is 10.8. The van der Waals surface area contributed by atoms with Crippen molar-refractivity contribution in [2.24, 2.45) is 5.73 Å². The highest BCUT2D eigenvalue weighted by Crippen LogP contribution is 2.24. The van der Waals surface area contributed by atoms with E-state index in [9.17, 15) is 13.6 Å². The van der Waals surface area contributed by atoms with Crippen LogP contribution in [0.15, 0.2) is 36.4 Å². The Morgan fingerprint density at radius 3 is 2.65 bits per heavy atom. The lowest BCUT2D eigenvalue weighted by Gasteiger charge is -2.10. The third-order valence-electron chi connectivity index (χ3n) is 2.90. The summed E-state index contributed by atoms with van der Waals surface area (Å²) in [6.07, 6.45) is 0. The molecule has 2 N–H and O–H groups in total. The Labute approximate surface area is 115 Å². The first-order valence-electron chi connectivity index (χ1n) is 5.95. The second-order valence-corrected chi connectivity index (χ2v) is 4.33. The van der Waals surface area contributed by atoms with Gasteiger partial charge < -0.3 is 10.5 Å². The van der Waals surface area contributed by atoms with E-state index in [1.807, 2.05) is 0 Å². The highest BCUT2D eigenvalue weighted by atomic mass is 19.1. The average molecular weight is 277 g/mol. The van der Waals surface area contributed by atoms with Gasteiger partial charge in [-0.3, -0.25) is 4.79 Å². The summed E-state index contributed by atoms with van der Waals surface area (Å²) in [5.74, 6) is -1.72. The summed E-state index contributed by atoms with van der Waals surface area (Å²) in [5, 5.41) is 0. The molecule has 20 heavy (non-hydrogen) atoms. The minimum atomic E-state index is -0.696. The fraction of sp³-hybridized carbons (Fsp3) is 0.133. The summed E-state index contributed by atoms with van der Waals surface area (Å²) >= 11 is 0. The highest BCUT2D eigenvalue weighted by Gasteiger charge is 2.14. The molecule has 0 aromatic heterocycles. The van der Waals surface area contributed by atoms with E-state index in [4.69, 9.17) is 10.5 Å². The molecule has 0 radical (unpaired) electrons. The zero-order valence-corrected chi connectivity index (χ0v) is 10.8. The molecule has 5 heteroatoms. The fourth-order valence-electron chi connectivity index (χ4n) is 1.83. The summed E-state index contributed by atoms with van der Waals surface area (Å²) in [6.45, 7) is 1.48. The Hall–Kier alpha value is -2.43. The summed E-state index contributed by atoms with van der Waals surface area (Å²) < 4.78 is 32.3. The van der Waals surface area contributed by atoms with Crippen LogP contribution in [0.2, 0.25) is 0 Å². The average Bonchev–Trinajstić information content (AvgIpc) is 2.40. The van der Waals surface area contributed by atoms with Gasteiger partial charge >= 0.3 is 0 Å². The lowest BCUT2D eigenvalue weighted by Crippen LogP contribution is -2.14. The number of hydrogen-bond donors (Lipinski definition) is 1. The van der Waals surface area contributed by atoms with E-state index in [-0.39, 0.29) is 29.3 Å². The third-order valence-corrected chi connectivity index (χ3v) is 2.90. The van der Waals surface area contributed by atoms with Crippen molar-refractivity contribution in [1.82, 2.24) is 0 Å². The van der Waals surface area contributed by atoms with Gasteiger partial charge in [-0.05, 0) is 36.8 Å². The molecular weight excluding hydrogens is 264 g/mol. The third kappa shape index (κ3) is 2.93. The molecule has 0 aliphatic carbocycles. The lowest BCUT2D eigenvalue weighted by atomic mass is 10.1. The van der Waals surface area contributed by atoms with Crippen LogP contribution in [0.5, 0.6) is 5.75 Å². The molecule has 2 aromatic carbocycles. The van der Waals surface area contributed by atoms with Crippen molar-refractivity contribution in [1.29, 1.82) is 0 Å². The van der Waals surface area contributed by atoms with E-state index < -0.39 is 11.7 Å². The van der Waals surface area contributed by atoms with Crippen LogP contribution < -0.4 is 10.5 Å². The summed E-state index contributed by atoms with van der Waals surface area (Å²) in [6, 6.07) is 8.58. The Morgan fingerprint density at radius 2 is 2.00 bits per heavy atom. The van der Waals surface area contributed by atoms with E-state index in [1.54, 1.807) is 12.1 Å². The molecule has 0 atom stereocenters. The molecule has 2 rings (SSSR count). The second kappa shape index (κ2) is 5.69. The van der Waals surface area contributed by atoms with E-state index in [0.29, 0.717) is 5.56 Å². The summed E-state index contributed by atoms with van der Waals surface area (Å²) in [7, 11) is 0. The zero-order chi connectivity index (χ0) is 14.7. The van der Waals surface area contributed by atoms with Crippen LogP contribution >= 0.6 is 0 Å². The second-order valence-electron chi connectivity index (χ2n) is 4.33. The van der Waals surface area contributed by atoms with Crippen molar-refractivity contribution < 1.29 is 18.3 Å². The fourth-order valence-corrected chi connectivity index (χ4v) is 1.83. The maximum Gasteiger partial charge on any atom is 0.249 e. The Kier molecular flexibility index (Phi) is 3.98. The lowest BCUT2D eigenvalue weighted by molar-refractivity contribution is 0.0999. The predicted molar refractivity (Wildman–Crippen MR) is 70.4 cm³/mol. The van der Waals surface area contributed by atoms with E-state index in [0.717, 1.165) is 0 Å². The first kappa shape index (κ1) is 14.0. The van der Waals surface area contributed by atoms with Gasteiger partial charge in [0.2, 0.25) is 5.91 Å². The molecular formula is C15H13F2NO2. The van der Waals surface area contributed by atoms with Gasteiger partial charge in [0.05, 0.1) is 0 Å². The van der Waals surface area contributed by atoms with Crippen LogP contribution in [0.4, 0.5) is 8.78 Å². The number of amides is 1. The number of primary amides is 1. The molecule has 0 aliphatic rings. The smallest absolute Gasteiger partial charge is 0.249 e. The molecule has 0 spiro atoms. The van der Waals surface area contributed by atoms with Gasteiger partial charge in [-0.15, -0.1) is 0 Å². The monoisotopic (exact) mass is 277 g/mol. The standard InChI is InChI=1S/C15H13F2NO2/c1-9-12(15(18)19)5-6-13(14(9)17)20-8-10-3-2-4-11(16)7-10/h2-7H,8H2,1H3,(H2,18,19). The number of benzene rings is 2. The van der Waals surface area contributed by atoms with Gasteiger partial charge in [0.1, 0.15) is 12.4 Å². The number of rotatable bonds is 4. The number of halogens is 2. The molecule has 1 amide bonds. The molecule has 0 heterocycles. The van der Waals surface area contributed by atoms with Crippen molar-refractivity contribution in [3.05, 3.63) is 64.7 Å². The molecule has 0 saturated heterocycles. The van der Waals surface area contributed by atoms with Crippen LogP contribution in [0, 0.1) is 18.6 Å². The van der Waals surface area contributed by atoms with Gasteiger partial charge in [-0.2, -0.15) is 0 Å². The number of hydrogen-bond acceptors (Lipinski definition) is 2. The van der Waals surface area contributed by atoms with E-state index >= 15 is 0 Å². The number of nitrogens with two attached hydrogens (primary N) is 1. The SMILES string of the molecule is Cc1c(C(N)=O)ccc(OCc2cccc(F)c2)c1F. The normalized spacial score (nSPS) is 10.3. The van der Waals surface area contributed by atoms with Gasteiger partial charge in [-0.25, -0.2) is 8.78 Å². The number of carbonyl (C=O) groups excluding carboxylic acids is 1. The van der Waals surface area contributed by atoms with Gasteiger partial charge in [0.15, 0.2) is 11.6 Å². The van der Waals surface area contributed by atoms with Gasteiger partial charge in [0.25, 0.3) is 0 Å². The minimum absolute atomic E-state index is 0.00300. The van der Waals surface area contributed by atoms with Gasteiger partial charge in [-0.1, -0.05) is 12.1 Å². The molecule has 0 aliphatic heterocycles. The topological polar surface area (TPSA) is 52.3 Å². The van der Waals surface area contributed by atoms with E-state index in [2.05, 4.69) is 0 Å². The molecule has 3 nitrogen and oxygen atoms in total. The largest absolute Gasteiger partial charge is 0.486 e. The van der Waals surface area contributed by atoms with Crippen molar-refractivity contribution in [2.75, 3.05) is 0 Å². The van der Waals surface area contributed by atoms with Crippen LogP contribution in [0.1, 0.15) is 21.5 Å². The van der Waals surface area contributed by atoms with Crippen LogP contribution in [-0.2, 0) is 6.61 Å². The molecule has 104 valence electrons. The number of ether oxygens (including phenoxy) is 1. The van der Waals surface area contributed by atoms with E-state index in [1.165, 1.54) is 31.2 Å². The summed E-state index contributed by atoms with van der Waals surface area (Å²) in [5.41, 5.74) is 5.96. The molecule has 0 saturated carbocycles. The van der Waals surface area contributed by atoms with Crippen LogP contribution in [0.25, 0.3) is 0 Å². The maximum atomic E-state index is 14.0. The quantitative estimate of drug-likeness (QED) is 0.934. The molecule has 0 fully saturated rings. The Morgan fingerprint density at radius 1 is 1.25 bits per heavy atom. The van der Waals surface area contributed by atoms with Gasteiger partial charge in [0, 0.05) is 11.1 Å². The first-order chi connectivity index (χ1) is 9.49. The molecule has 0 bridgehead atoms. The predicted octanol–water partition coefficient (Wildman–Crippen LogP) is 2.95. The molecule has 2 aromatic rings. The Bertz CT molecular complexity index is 656. The first-order valence-corrected chi connectivity index (χ1v) is 5.95. The van der Waals surface area contributed by atoms with Crippen LogP contribution in [-0.4, -0.2) is 5.91 Å². The van der Waals surface area contributed by atoms with Crippen molar-refractivity contribution >= 4 is 5.91 Å². The van der Waals surface area contributed by atoms with Crippen molar-refractivity contribution in [3.8, 4) is 5.75 Å². The maximum absolute atomic E-state index is 14.0. The highest BCUT2D eigenvalue weighted by molar-refractivity contribution is 5.94.